The van der Waals surface area contributed by atoms with Gasteiger partial charge in [0.15, 0.2) is 11.5 Å². The average Bonchev–Trinajstić information content (AvgIpc) is 3.00. The highest BCUT2D eigenvalue weighted by Crippen LogP contribution is 2.32. The summed E-state index contributed by atoms with van der Waals surface area (Å²) in [7, 11) is 0. The Morgan fingerprint density at radius 2 is 2.00 bits per heavy atom. The van der Waals surface area contributed by atoms with Gasteiger partial charge in [0.1, 0.15) is 0 Å². The molecular weight excluding hydrogens is 400 g/mol. The van der Waals surface area contributed by atoms with Gasteiger partial charge >= 0.3 is 5.97 Å². The number of benzene rings is 2. The quantitative estimate of drug-likeness (QED) is 0.250. The molecule has 148 valence electrons. The van der Waals surface area contributed by atoms with Crippen molar-refractivity contribution in [2.75, 3.05) is 6.61 Å². The van der Waals surface area contributed by atoms with Crippen molar-refractivity contribution >= 4 is 40.6 Å². The van der Waals surface area contributed by atoms with E-state index in [4.69, 9.17) is 9.47 Å². The Balaban J connectivity index is 1.85. The molecular formula is C19H14N2O7S. The summed E-state index contributed by atoms with van der Waals surface area (Å²) < 4.78 is 10.8. The van der Waals surface area contributed by atoms with E-state index in [0.717, 1.165) is 17.8 Å². The maximum atomic E-state index is 12.4. The van der Waals surface area contributed by atoms with Gasteiger partial charge in [0.2, 0.25) is 0 Å². The number of thioether (sulfide) groups is 1. The first kappa shape index (κ1) is 20.1. The standard InChI is InChI=1S/C19H14N2O7S/c1-2-27-15-8-11(9-16-17(22)20-19(24)29-16)6-7-14(15)28-18(23)12-4-3-5-13(10-12)21(25)26/h3-10H,2H2,1H3,(H,20,22,24)/b16-9-. The van der Waals surface area contributed by atoms with Gasteiger partial charge in [-0.1, -0.05) is 12.1 Å². The number of nitro groups is 1. The highest BCUT2D eigenvalue weighted by molar-refractivity contribution is 8.18. The number of carbonyl (C=O) groups excluding carboxylic acids is 3. The number of hydrogen-bond acceptors (Lipinski definition) is 8. The maximum absolute atomic E-state index is 12.4. The molecule has 9 nitrogen and oxygen atoms in total. The Morgan fingerprint density at radius 3 is 2.66 bits per heavy atom. The number of imide groups is 1. The van der Waals surface area contributed by atoms with Crippen LogP contribution in [0.25, 0.3) is 6.08 Å². The molecule has 2 aromatic rings. The van der Waals surface area contributed by atoms with Crippen molar-refractivity contribution in [2.24, 2.45) is 0 Å². The van der Waals surface area contributed by atoms with Crippen LogP contribution in [0.3, 0.4) is 0 Å². The van der Waals surface area contributed by atoms with E-state index in [0.29, 0.717) is 5.56 Å². The third-order valence-electron chi connectivity index (χ3n) is 3.70. The molecule has 10 heteroatoms. The second-order valence-corrected chi connectivity index (χ2v) is 6.70. The van der Waals surface area contributed by atoms with Crippen LogP contribution in [-0.2, 0) is 4.79 Å². The highest BCUT2D eigenvalue weighted by Gasteiger charge is 2.25. The molecule has 0 unspecified atom stereocenters. The molecule has 0 saturated carbocycles. The number of nitro benzene ring substituents is 1. The zero-order chi connectivity index (χ0) is 21.0. The maximum Gasteiger partial charge on any atom is 0.343 e. The minimum atomic E-state index is -0.780. The molecule has 29 heavy (non-hydrogen) atoms. The van der Waals surface area contributed by atoms with Crippen molar-refractivity contribution in [3.8, 4) is 11.5 Å². The number of amides is 2. The molecule has 0 aromatic heterocycles. The van der Waals surface area contributed by atoms with Crippen LogP contribution in [0.4, 0.5) is 10.5 Å². The Bertz CT molecular complexity index is 1050. The van der Waals surface area contributed by atoms with Gasteiger partial charge in [0, 0.05) is 12.1 Å². The highest BCUT2D eigenvalue weighted by atomic mass is 32.2. The van der Waals surface area contributed by atoms with Crippen molar-refractivity contribution in [1.82, 2.24) is 5.32 Å². The second kappa shape index (κ2) is 8.57. The molecule has 0 atom stereocenters. The topological polar surface area (TPSA) is 125 Å². The lowest BCUT2D eigenvalue weighted by atomic mass is 10.1. The van der Waals surface area contributed by atoms with Crippen molar-refractivity contribution in [3.05, 3.63) is 68.6 Å². The molecule has 0 bridgehead atoms. The molecule has 1 aliphatic rings. The summed E-state index contributed by atoms with van der Waals surface area (Å²) >= 11 is 0.784. The summed E-state index contributed by atoms with van der Waals surface area (Å²) in [6.07, 6.45) is 1.51. The fourth-order valence-corrected chi connectivity index (χ4v) is 3.13. The van der Waals surface area contributed by atoms with Crippen molar-refractivity contribution in [3.63, 3.8) is 0 Å². The number of esters is 1. The monoisotopic (exact) mass is 414 g/mol. The lowest BCUT2D eigenvalue weighted by Gasteiger charge is -2.11. The second-order valence-electron chi connectivity index (χ2n) is 5.69. The first-order valence-electron chi connectivity index (χ1n) is 8.35. The normalized spacial score (nSPS) is 14.6. The number of nitrogens with zero attached hydrogens (tertiary/aromatic N) is 1. The number of non-ortho nitro benzene ring substituents is 1. The third kappa shape index (κ3) is 4.79. The average molecular weight is 414 g/mol. The largest absolute Gasteiger partial charge is 0.490 e. The van der Waals surface area contributed by atoms with Gasteiger partial charge in [-0.05, 0) is 48.5 Å². The van der Waals surface area contributed by atoms with Crippen LogP contribution in [0.2, 0.25) is 0 Å². The van der Waals surface area contributed by atoms with E-state index in [1.807, 2.05) is 0 Å². The molecule has 1 fully saturated rings. The summed E-state index contributed by atoms with van der Waals surface area (Å²) in [5, 5.41) is 12.6. The third-order valence-corrected chi connectivity index (χ3v) is 4.51. The Hall–Kier alpha value is -3.66. The van der Waals surface area contributed by atoms with E-state index in [2.05, 4.69) is 5.32 Å². The van der Waals surface area contributed by atoms with E-state index in [-0.39, 0.29) is 34.3 Å². The Labute approximate surface area is 168 Å². The van der Waals surface area contributed by atoms with Crippen LogP contribution in [-0.4, -0.2) is 28.6 Å². The number of nitrogens with one attached hydrogen (secondary N) is 1. The molecule has 1 heterocycles. The van der Waals surface area contributed by atoms with Crippen molar-refractivity contribution in [2.45, 2.75) is 6.92 Å². The van der Waals surface area contributed by atoms with E-state index < -0.39 is 22.0 Å². The molecule has 2 aromatic carbocycles. The number of carbonyl (C=O) groups is 3. The van der Waals surface area contributed by atoms with Crippen molar-refractivity contribution in [1.29, 1.82) is 0 Å². The van der Waals surface area contributed by atoms with Gasteiger partial charge < -0.3 is 9.47 Å². The molecule has 0 radical (unpaired) electrons. The molecule has 1 N–H and O–H groups in total. The molecule has 0 aliphatic carbocycles. The zero-order valence-electron chi connectivity index (χ0n) is 15.0. The van der Waals surface area contributed by atoms with Crippen LogP contribution >= 0.6 is 11.8 Å². The molecule has 1 aliphatic heterocycles. The molecule has 1 saturated heterocycles. The van der Waals surface area contributed by atoms with Gasteiger partial charge in [-0.25, -0.2) is 4.79 Å². The fourth-order valence-electron chi connectivity index (χ4n) is 2.44. The summed E-state index contributed by atoms with van der Waals surface area (Å²) in [6.45, 7) is 2.03. The number of hydrogen-bond donors (Lipinski definition) is 1. The van der Waals surface area contributed by atoms with Crippen LogP contribution in [0.15, 0.2) is 47.4 Å². The predicted molar refractivity (Wildman–Crippen MR) is 105 cm³/mol. The first-order valence-corrected chi connectivity index (χ1v) is 9.17. The lowest BCUT2D eigenvalue weighted by Crippen LogP contribution is -2.17. The van der Waals surface area contributed by atoms with Gasteiger partial charge in [-0.3, -0.25) is 25.0 Å². The fraction of sp³-hybridized carbons (Fsp3) is 0.105. The van der Waals surface area contributed by atoms with Crippen molar-refractivity contribution < 1.29 is 28.8 Å². The number of rotatable bonds is 6. The van der Waals surface area contributed by atoms with Gasteiger partial charge in [0.05, 0.1) is 22.0 Å². The first-order chi connectivity index (χ1) is 13.9. The Kier molecular flexibility index (Phi) is 5.93. The van der Waals surface area contributed by atoms with E-state index >= 15 is 0 Å². The Morgan fingerprint density at radius 1 is 1.21 bits per heavy atom. The van der Waals surface area contributed by atoms with E-state index in [9.17, 15) is 24.5 Å². The SMILES string of the molecule is CCOc1cc(/C=C2\SC(=O)NC2=O)ccc1OC(=O)c1cccc([N+](=O)[O-])c1. The van der Waals surface area contributed by atoms with Gasteiger partial charge in [-0.15, -0.1) is 0 Å². The summed E-state index contributed by atoms with van der Waals surface area (Å²) in [5.41, 5.74) is 0.356. The van der Waals surface area contributed by atoms with Crippen LogP contribution < -0.4 is 14.8 Å². The van der Waals surface area contributed by atoms with E-state index in [1.54, 1.807) is 19.1 Å². The van der Waals surface area contributed by atoms with E-state index in [1.165, 1.54) is 30.3 Å². The predicted octanol–water partition coefficient (Wildman–Crippen LogP) is 3.54. The smallest absolute Gasteiger partial charge is 0.343 e. The molecule has 2 amide bonds. The minimum absolute atomic E-state index is 0.0189. The number of ether oxygens (including phenoxy) is 2. The summed E-state index contributed by atoms with van der Waals surface area (Å²) in [6, 6.07) is 9.80. The molecule has 3 rings (SSSR count). The van der Waals surface area contributed by atoms with Gasteiger partial charge in [-0.2, -0.15) is 0 Å². The summed E-state index contributed by atoms with van der Waals surface area (Å²) in [4.78, 5) is 45.8. The molecule has 0 spiro atoms. The summed E-state index contributed by atoms with van der Waals surface area (Å²) in [5.74, 6) is -0.906. The lowest BCUT2D eigenvalue weighted by molar-refractivity contribution is -0.384. The zero-order valence-corrected chi connectivity index (χ0v) is 15.9. The van der Waals surface area contributed by atoms with Gasteiger partial charge in [0.25, 0.3) is 16.8 Å². The minimum Gasteiger partial charge on any atom is -0.490 e. The van der Waals surface area contributed by atoms with Crippen LogP contribution in [0.5, 0.6) is 11.5 Å². The van der Waals surface area contributed by atoms with Crippen LogP contribution in [0, 0.1) is 10.1 Å². The van der Waals surface area contributed by atoms with Crippen LogP contribution in [0.1, 0.15) is 22.8 Å².